The van der Waals surface area contributed by atoms with Crippen molar-refractivity contribution in [3.63, 3.8) is 0 Å². The van der Waals surface area contributed by atoms with E-state index < -0.39 is 0 Å². The van der Waals surface area contributed by atoms with E-state index in [4.69, 9.17) is 4.74 Å². The molecule has 82 valence electrons. The van der Waals surface area contributed by atoms with Crippen LogP contribution in [0.1, 0.15) is 32.6 Å². The normalized spacial score (nSPS) is 35.6. The molecule has 3 nitrogen and oxygen atoms in total. The number of morpholine rings is 1. The second kappa shape index (κ2) is 4.60. The lowest BCUT2D eigenvalue weighted by atomic mass is 10.1. The Morgan fingerprint density at radius 1 is 1.50 bits per heavy atom. The Hall–Kier alpha value is -0.120. The van der Waals surface area contributed by atoms with E-state index >= 15 is 0 Å². The standard InChI is InChI=1S/C11H21NO2/c1-2-9(13)8-12-6-7-14-11-5-3-4-10(11)12/h9-11,13H,2-8H2,1H3. The molecule has 14 heavy (non-hydrogen) atoms. The zero-order valence-corrected chi connectivity index (χ0v) is 8.98. The van der Waals surface area contributed by atoms with Crippen molar-refractivity contribution in [2.75, 3.05) is 19.7 Å². The Morgan fingerprint density at radius 3 is 3.14 bits per heavy atom. The van der Waals surface area contributed by atoms with E-state index in [-0.39, 0.29) is 6.10 Å². The van der Waals surface area contributed by atoms with E-state index in [9.17, 15) is 5.11 Å². The van der Waals surface area contributed by atoms with E-state index in [1.807, 2.05) is 6.92 Å². The van der Waals surface area contributed by atoms with Gasteiger partial charge < -0.3 is 9.84 Å². The van der Waals surface area contributed by atoms with Crippen molar-refractivity contribution in [2.24, 2.45) is 0 Å². The van der Waals surface area contributed by atoms with Crippen LogP contribution in [0.3, 0.4) is 0 Å². The van der Waals surface area contributed by atoms with Crippen LogP contribution in [-0.4, -0.2) is 48.0 Å². The molecule has 2 aliphatic rings. The second-order valence-corrected chi connectivity index (χ2v) is 4.46. The van der Waals surface area contributed by atoms with Crippen molar-refractivity contribution < 1.29 is 9.84 Å². The molecule has 1 aliphatic heterocycles. The fourth-order valence-electron chi connectivity index (χ4n) is 2.63. The van der Waals surface area contributed by atoms with Gasteiger partial charge in [0, 0.05) is 19.1 Å². The molecule has 1 aliphatic carbocycles. The molecule has 2 fully saturated rings. The molecule has 0 bridgehead atoms. The lowest BCUT2D eigenvalue weighted by molar-refractivity contribution is -0.0673. The molecule has 1 N–H and O–H groups in total. The number of β-amino-alcohol motifs (C(OH)–C–C–N with tert-alkyl or cyclic N) is 1. The summed E-state index contributed by atoms with van der Waals surface area (Å²) in [6.07, 6.45) is 4.90. The molecule has 0 aromatic carbocycles. The van der Waals surface area contributed by atoms with Crippen LogP contribution in [-0.2, 0) is 4.74 Å². The minimum Gasteiger partial charge on any atom is -0.392 e. The van der Waals surface area contributed by atoms with Crippen LogP contribution in [0.25, 0.3) is 0 Å². The summed E-state index contributed by atoms with van der Waals surface area (Å²) in [4.78, 5) is 2.43. The monoisotopic (exact) mass is 199 g/mol. The predicted molar refractivity (Wildman–Crippen MR) is 55.2 cm³/mol. The minimum atomic E-state index is -0.158. The molecule has 0 radical (unpaired) electrons. The lowest BCUT2D eigenvalue weighted by Gasteiger charge is -2.38. The Kier molecular flexibility index (Phi) is 3.42. The average molecular weight is 199 g/mol. The summed E-state index contributed by atoms with van der Waals surface area (Å²) in [5.74, 6) is 0. The molecule has 0 spiro atoms. The molecule has 0 aromatic rings. The first kappa shape index (κ1) is 10.4. The van der Waals surface area contributed by atoms with Gasteiger partial charge in [0.25, 0.3) is 0 Å². The zero-order chi connectivity index (χ0) is 9.97. The first-order valence-electron chi connectivity index (χ1n) is 5.85. The van der Waals surface area contributed by atoms with E-state index in [0.717, 1.165) is 26.1 Å². The Labute approximate surface area is 86.0 Å². The average Bonchev–Trinajstić information content (AvgIpc) is 2.66. The van der Waals surface area contributed by atoms with Crippen molar-refractivity contribution in [3.05, 3.63) is 0 Å². The number of hydrogen-bond acceptors (Lipinski definition) is 3. The molecule has 1 heterocycles. The van der Waals surface area contributed by atoms with Gasteiger partial charge in [-0.1, -0.05) is 6.92 Å². The summed E-state index contributed by atoms with van der Waals surface area (Å²) in [5, 5.41) is 9.65. The first-order chi connectivity index (χ1) is 6.81. The highest BCUT2D eigenvalue weighted by atomic mass is 16.5. The molecule has 3 heteroatoms. The number of nitrogens with zero attached hydrogens (tertiary/aromatic N) is 1. The molecule has 2 rings (SSSR count). The molecule has 1 saturated heterocycles. The van der Waals surface area contributed by atoms with Crippen LogP contribution in [0.15, 0.2) is 0 Å². The zero-order valence-electron chi connectivity index (χ0n) is 8.98. The van der Waals surface area contributed by atoms with Gasteiger partial charge in [-0.2, -0.15) is 0 Å². The molecule has 1 saturated carbocycles. The summed E-state index contributed by atoms with van der Waals surface area (Å²) in [7, 11) is 0. The number of aliphatic hydroxyl groups excluding tert-OH is 1. The smallest absolute Gasteiger partial charge is 0.0730 e. The number of aliphatic hydroxyl groups is 1. The van der Waals surface area contributed by atoms with Gasteiger partial charge in [-0.25, -0.2) is 0 Å². The molecular formula is C11H21NO2. The predicted octanol–water partition coefficient (Wildman–Crippen LogP) is 1.01. The SMILES string of the molecule is CCC(O)CN1CCOC2CCCC21. The van der Waals surface area contributed by atoms with Crippen LogP contribution in [0.2, 0.25) is 0 Å². The highest BCUT2D eigenvalue weighted by Gasteiger charge is 2.36. The van der Waals surface area contributed by atoms with Gasteiger partial charge in [-0.3, -0.25) is 4.90 Å². The third-order valence-electron chi connectivity index (χ3n) is 3.51. The Morgan fingerprint density at radius 2 is 2.36 bits per heavy atom. The molecule has 3 atom stereocenters. The van der Waals surface area contributed by atoms with Crippen LogP contribution in [0.5, 0.6) is 0 Å². The number of ether oxygens (including phenoxy) is 1. The topological polar surface area (TPSA) is 32.7 Å². The maximum Gasteiger partial charge on any atom is 0.0730 e. The van der Waals surface area contributed by atoms with Crippen molar-refractivity contribution in [1.82, 2.24) is 4.90 Å². The van der Waals surface area contributed by atoms with Crippen molar-refractivity contribution in [3.8, 4) is 0 Å². The van der Waals surface area contributed by atoms with Gasteiger partial charge in [-0.15, -0.1) is 0 Å². The fraction of sp³-hybridized carbons (Fsp3) is 1.00. The van der Waals surface area contributed by atoms with E-state index in [2.05, 4.69) is 4.90 Å². The maximum absolute atomic E-state index is 9.65. The molecule has 0 aromatic heterocycles. The van der Waals surface area contributed by atoms with Crippen LogP contribution >= 0.6 is 0 Å². The van der Waals surface area contributed by atoms with E-state index in [1.165, 1.54) is 19.3 Å². The van der Waals surface area contributed by atoms with Gasteiger partial charge in [0.1, 0.15) is 0 Å². The van der Waals surface area contributed by atoms with E-state index in [1.54, 1.807) is 0 Å². The molecule has 3 unspecified atom stereocenters. The van der Waals surface area contributed by atoms with Gasteiger partial charge >= 0.3 is 0 Å². The molecule has 0 amide bonds. The van der Waals surface area contributed by atoms with Crippen molar-refractivity contribution in [1.29, 1.82) is 0 Å². The summed E-state index contributed by atoms with van der Waals surface area (Å²) in [6.45, 7) is 4.72. The minimum absolute atomic E-state index is 0.158. The van der Waals surface area contributed by atoms with Crippen molar-refractivity contribution in [2.45, 2.75) is 50.9 Å². The van der Waals surface area contributed by atoms with Crippen LogP contribution in [0, 0.1) is 0 Å². The van der Waals surface area contributed by atoms with Gasteiger partial charge in [0.15, 0.2) is 0 Å². The second-order valence-electron chi connectivity index (χ2n) is 4.46. The Bertz CT molecular complexity index is 186. The number of hydrogen-bond donors (Lipinski definition) is 1. The van der Waals surface area contributed by atoms with Gasteiger partial charge in [-0.05, 0) is 25.7 Å². The summed E-state index contributed by atoms with van der Waals surface area (Å²) < 4.78 is 5.72. The van der Waals surface area contributed by atoms with Gasteiger partial charge in [0.2, 0.25) is 0 Å². The first-order valence-corrected chi connectivity index (χ1v) is 5.85. The summed E-state index contributed by atoms with van der Waals surface area (Å²) in [5.41, 5.74) is 0. The highest BCUT2D eigenvalue weighted by Crippen LogP contribution is 2.29. The third kappa shape index (κ3) is 2.10. The van der Waals surface area contributed by atoms with Crippen molar-refractivity contribution >= 4 is 0 Å². The largest absolute Gasteiger partial charge is 0.392 e. The highest BCUT2D eigenvalue weighted by molar-refractivity contribution is 4.89. The Balaban J connectivity index is 1.90. The van der Waals surface area contributed by atoms with Gasteiger partial charge in [0.05, 0.1) is 18.8 Å². The molecular weight excluding hydrogens is 178 g/mol. The third-order valence-corrected chi connectivity index (χ3v) is 3.51. The number of fused-ring (bicyclic) bond motifs is 1. The fourth-order valence-corrected chi connectivity index (χ4v) is 2.63. The quantitative estimate of drug-likeness (QED) is 0.736. The number of rotatable bonds is 3. The summed E-state index contributed by atoms with van der Waals surface area (Å²) in [6, 6.07) is 0.588. The van der Waals surface area contributed by atoms with Crippen LogP contribution < -0.4 is 0 Å². The summed E-state index contributed by atoms with van der Waals surface area (Å²) >= 11 is 0. The maximum atomic E-state index is 9.65. The van der Waals surface area contributed by atoms with E-state index in [0.29, 0.717) is 12.1 Å². The van der Waals surface area contributed by atoms with Crippen LogP contribution in [0.4, 0.5) is 0 Å². The lowest BCUT2D eigenvalue weighted by Crippen LogP contribution is -2.50.